The van der Waals surface area contributed by atoms with E-state index >= 15 is 4.39 Å². The first kappa shape index (κ1) is 51.1. The first-order chi connectivity index (χ1) is 36.1. The van der Waals surface area contributed by atoms with E-state index in [2.05, 4.69) is 86.6 Å². The Hall–Kier alpha value is -6.06. The largest absolute Gasteiger partial charge is 0.491 e. The Bertz CT molecular complexity index is 3040. The number of aromatic nitrogens is 2. The predicted molar refractivity (Wildman–Crippen MR) is 284 cm³/mol. The summed E-state index contributed by atoms with van der Waals surface area (Å²) in [4.78, 5) is 43.6. The second kappa shape index (κ2) is 20.5. The zero-order valence-electron chi connectivity index (χ0n) is 43.1. The zero-order valence-corrected chi connectivity index (χ0v) is 44.0. The molecule has 400 valence electrons. The van der Waals surface area contributed by atoms with E-state index in [1.165, 1.54) is 17.7 Å². The highest BCUT2D eigenvalue weighted by Crippen LogP contribution is 2.54. The molecule has 1 amide bonds. The van der Waals surface area contributed by atoms with Crippen LogP contribution in [0.3, 0.4) is 0 Å². The highest BCUT2D eigenvalue weighted by Gasteiger charge is 2.51. The number of piperidine rings is 1. The van der Waals surface area contributed by atoms with Crippen molar-refractivity contribution in [3.63, 3.8) is 0 Å². The van der Waals surface area contributed by atoms with Gasteiger partial charge in [-0.3, -0.25) is 24.7 Å². The average molecular weight is 1050 g/mol. The quantitative estimate of drug-likeness (QED) is 0.0707. The van der Waals surface area contributed by atoms with Gasteiger partial charge in [-0.05, 0) is 114 Å². The molecule has 75 heavy (non-hydrogen) atoms. The normalized spacial score (nSPS) is 23.1. The fourth-order valence-corrected chi connectivity index (χ4v) is 13.4. The Labute approximate surface area is 437 Å². The lowest BCUT2D eigenvalue weighted by Crippen LogP contribution is -2.60. The molecule has 0 unspecified atom stereocenters. The number of benzene rings is 3. The van der Waals surface area contributed by atoms with Crippen molar-refractivity contribution in [3.05, 3.63) is 100 Å². The van der Waals surface area contributed by atoms with Gasteiger partial charge in [0.15, 0.2) is 0 Å². The molecule has 20 heteroatoms. The number of rotatable bonds is 14. The van der Waals surface area contributed by atoms with Crippen LogP contribution in [0.25, 0.3) is 11.0 Å². The zero-order chi connectivity index (χ0) is 52.2. The fourth-order valence-electron chi connectivity index (χ4n) is 12.4. The van der Waals surface area contributed by atoms with Gasteiger partial charge in [0.1, 0.15) is 34.5 Å². The third-order valence-corrected chi connectivity index (χ3v) is 17.9. The number of H-pyrrole nitrogens is 1. The molecule has 0 radical (unpaired) electrons. The summed E-state index contributed by atoms with van der Waals surface area (Å²) in [6.07, 6.45) is 6.47. The summed E-state index contributed by atoms with van der Waals surface area (Å²) >= 11 is 0. The fraction of sp³-hybridized carbons (Fsp3) is 0.527. The third kappa shape index (κ3) is 10.2. The van der Waals surface area contributed by atoms with Crippen LogP contribution in [0.5, 0.6) is 11.6 Å². The van der Waals surface area contributed by atoms with Gasteiger partial charge in [-0.15, -0.1) is 0 Å². The number of nitro groups is 1. The van der Waals surface area contributed by atoms with Crippen molar-refractivity contribution in [2.24, 2.45) is 5.41 Å². The lowest BCUT2D eigenvalue weighted by atomic mass is 9.59. The Kier molecular flexibility index (Phi) is 13.9. The molecule has 3 N–H and O–H groups in total. The van der Waals surface area contributed by atoms with Gasteiger partial charge in [0.2, 0.25) is 5.88 Å². The van der Waals surface area contributed by atoms with Crippen LogP contribution in [0.4, 0.5) is 32.8 Å². The number of anilines is 4. The van der Waals surface area contributed by atoms with Gasteiger partial charge in [0.05, 0.1) is 45.9 Å². The Morgan fingerprint density at radius 2 is 1.73 bits per heavy atom. The van der Waals surface area contributed by atoms with Crippen LogP contribution in [0.2, 0.25) is 0 Å². The summed E-state index contributed by atoms with van der Waals surface area (Å²) in [5.74, 6) is 0.393. The Morgan fingerprint density at radius 3 is 2.49 bits per heavy atom. The number of fused-ring (bicyclic) bond motifs is 3. The Balaban J connectivity index is 0.867. The molecular formula is C55H68FN9O9S. The SMILES string of the molecule is CC(C)Oc1ccccc1[C@@H]1CN(C(C)C)CCN1C1CC2(CCN(c3ccc(C(=O)NS(=O)(=O)c4ccc(NCC5(F)CCOCC5)c([N+](=O)[O-])c4)c(N4c5cc6cc[nH]c6nc5O[C@H]5COCC[C@@H]54)c3)CC2)C1. The molecule has 1 aliphatic carbocycles. The van der Waals surface area contributed by atoms with Crippen molar-refractivity contribution in [2.75, 3.05) is 80.8 Å². The number of carbonyl (C=O) groups is 1. The topological polar surface area (TPSA) is 197 Å². The standard InChI is InChI=1S/C55H68FN9O9S/c1-35(2)62-22-23-63(48(32-62)41-7-5-6-8-49(41)73-36(3)4)39-30-54(31-39)15-20-61(21-16-54)38-9-11-42(45(28-38)64-44-14-24-72-33-50(44)74-53-47(64)27-37-13-19-57-51(37)59-53)52(66)60-75(69,70)40-10-12-43(46(29-40)65(67)68)58-34-55(56)17-25-71-26-18-55/h5-13,19,27-29,35-36,39,44,48,50,58H,14-18,20-26,30-34H2,1-4H3,(H,57,59)(H,60,66)/t44-,48-,50-/m0/s1. The summed E-state index contributed by atoms with van der Waals surface area (Å²) in [5.41, 5.74) is 1.90. The molecule has 3 atom stereocenters. The molecule has 4 saturated heterocycles. The van der Waals surface area contributed by atoms with Crippen molar-refractivity contribution < 1.29 is 41.5 Å². The molecule has 5 aromatic rings. The van der Waals surface area contributed by atoms with E-state index in [0.717, 1.165) is 81.3 Å². The number of amides is 1. The van der Waals surface area contributed by atoms with Crippen LogP contribution in [0.15, 0.2) is 83.9 Å². The van der Waals surface area contributed by atoms with E-state index in [9.17, 15) is 23.3 Å². The predicted octanol–water partition coefficient (Wildman–Crippen LogP) is 8.51. The van der Waals surface area contributed by atoms with Gasteiger partial charge >= 0.3 is 0 Å². The van der Waals surface area contributed by atoms with Crippen molar-refractivity contribution in [1.29, 1.82) is 0 Å². The van der Waals surface area contributed by atoms with Crippen molar-refractivity contribution in [3.8, 4) is 11.6 Å². The van der Waals surface area contributed by atoms with Crippen molar-refractivity contribution >= 4 is 55.4 Å². The number of aromatic amines is 1. The number of alkyl halides is 1. The van der Waals surface area contributed by atoms with E-state index in [1.807, 2.05) is 24.3 Å². The second-order valence-corrected chi connectivity index (χ2v) is 23.7. The highest BCUT2D eigenvalue weighted by atomic mass is 32.2. The number of sulfonamides is 1. The third-order valence-electron chi connectivity index (χ3n) is 16.6. The minimum atomic E-state index is -4.69. The molecule has 1 spiro atoms. The number of nitrogens with zero attached hydrogens (tertiary/aromatic N) is 6. The van der Waals surface area contributed by atoms with E-state index in [0.29, 0.717) is 48.0 Å². The molecule has 7 heterocycles. The van der Waals surface area contributed by atoms with Crippen molar-refractivity contribution in [2.45, 2.75) is 120 Å². The minimum absolute atomic E-state index is 0.0439. The number of para-hydroxylation sites is 1. The van der Waals surface area contributed by atoms with E-state index in [1.54, 1.807) is 12.3 Å². The highest BCUT2D eigenvalue weighted by molar-refractivity contribution is 7.90. The second-order valence-electron chi connectivity index (χ2n) is 22.0. The van der Waals surface area contributed by atoms with Gasteiger partial charge in [-0.25, -0.2) is 17.5 Å². The number of pyridine rings is 1. The lowest BCUT2D eigenvalue weighted by molar-refractivity contribution is -0.384. The summed E-state index contributed by atoms with van der Waals surface area (Å²) in [5, 5.41) is 16.0. The number of hydrogen-bond acceptors (Lipinski definition) is 15. The number of halogens is 1. The smallest absolute Gasteiger partial charge is 0.293 e. The molecule has 5 fully saturated rings. The summed E-state index contributed by atoms with van der Waals surface area (Å²) < 4.78 is 70.1. The van der Waals surface area contributed by atoms with Crippen LogP contribution in [-0.4, -0.2) is 141 Å². The van der Waals surface area contributed by atoms with Crippen LogP contribution >= 0.6 is 0 Å². The molecule has 2 aromatic heterocycles. The molecule has 5 aliphatic heterocycles. The molecule has 1 saturated carbocycles. The van der Waals surface area contributed by atoms with Crippen LogP contribution in [0, 0.1) is 15.5 Å². The molecule has 3 aromatic carbocycles. The maximum absolute atomic E-state index is 15.4. The van der Waals surface area contributed by atoms with Crippen LogP contribution in [-0.2, 0) is 19.5 Å². The number of piperazine rings is 1. The van der Waals surface area contributed by atoms with Gasteiger partial charge in [0.25, 0.3) is 21.6 Å². The van der Waals surface area contributed by atoms with Gasteiger partial charge < -0.3 is 39.0 Å². The summed E-state index contributed by atoms with van der Waals surface area (Å²) in [6.45, 7) is 14.3. The van der Waals surface area contributed by atoms with Gasteiger partial charge in [-0.1, -0.05) is 18.2 Å². The summed E-state index contributed by atoms with van der Waals surface area (Å²) in [6, 6.07) is 22.1. The molecule has 11 rings (SSSR count). The number of ether oxygens (including phenoxy) is 4. The number of hydrogen-bond donors (Lipinski definition) is 3. The number of nitrogens with one attached hydrogen (secondary N) is 3. The molecule has 0 bridgehead atoms. The Morgan fingerprint density at radius 1 is 0.947 bits per heavy atom. The van der Waals surface area contributed by atoms with Crippen molar-refractivity contribution in [1.82, 2.24) is 24.5 Å². The monoisotopic (exact) mass is 1050 g/mol. The van der Waals surface area contributed by atoms with Crippen LogP contribution in [0.1, 0.15) is 94.6 Å². The van der Waals surface area contributed by atoms with Crippen LogP contribution < -0.4 is 29.3 Å². The lowest BCUT2D eigenvalue weighted by Gasteiger charge is -2.58. The molecule has 18 nitrogen and oxygen atoms in total. The summed E-state index contributed by atoms with van der Waals surface area (Å²) in [7, 11) is -4.69. The first-order valence-electron chi connectivity index (χ1n) is 26.6. The van der Waals surface area contributed by atoms with E-state index < -0.39 is 43.2 Å². The first-order valence-corrected chi connectivity index (χ1v) is 28.1. The number of nitro benzene ring substituents is 1. The van der Waals surface area contributed by atoms with E-state index in [4.69, 9.17) is 23.9 Å². The minimum Gasteiger partial charge on any atom is -0.491 e. The molecular weight excluding hydrogens is 982 g/mol. The van der Waals surface area contributed by atoms with Gasteiger partial charge in [0, 0.05) is 113 Å². The van der Waals surface area contributed by atoms with E-state index in [-0.39, 0.29) is 74.1 Å². The number of carbonyl (C=O) groups excluding carboxylic acids is 1. The average Bonchev–Trinajstić information content (AvgIpc) is 3.85. The maximum atomic E-state index is 15.4. The molecule has 6 aliphatic rings. The van der Waals surface area contributed by atoms with Gasteiger partial charge in [-0.2, -0.15) is 4.98 Å². The maximum Gasteiger partial charge on any atom is 0.293 e.